The molecule has 2 fully saturated rings. The van der Waals surface area contributed by atoms with Gasteiger partial charge in [-0.1, -0.05) is 31.2 Å². The van der Waals surface area contributed by atoms with Crippen LogP contribution in [0.4, 0.5) is 0 Å². The number of piperidine rings is 1. The SMILES string of the molecule is CCS(=O)(=O)c1ccc(C2=CN(C3CCC3)C(C3CCNCC3)C=C2)cc1. The Hall–Kier alpha value is -1.59. The third-order valence-electron chi connectivity index (χ3n) is 6.40. The highest BCUT2D eigenvalue weighted by Gasteiger charge is 2.34. The van der Waals surface area contributed by atoms with Crippen molar-refractivity contribution in [2.75, 3.05) is 18.8 Å². The number of allylic oxidation sites excluding steroid dienone is 2. The summed E-state index contributed by atoms with van der Waals surface area (Å²) in [6, 6.07) is 8.54. The molecule has 0 amide bonds. The van der Waals surface area contributed by atoms with Crippen molar-refractivity contribution >= 4 is 15.4 Å². The maximum atomic E-state index is 12.1. The lowest BCUT2D eigenvalue weighted by Gasteiger charge is -2.46. The van der Waals surface area contributed by atoms with E-state index in [2.05, 4.69) is 28.6 Å². The van der Waals surface area contributed by atoms with E-state index in [-0.39, 0.29) is 5.75 Å². The monoisotopic (exact) mass is 386 g/mol. The van der Waals surface area contributed by atoms with Crippen LogP contribution in [0.25, 0.3) is 5.57 Å². The average Bonchev–Trinajstić information content (AvgIpc) is 2.67. The summed E-state index contributed by atoms with van der Waals surface area (Å²) >= 11 is 0. The van der Waals surface area contributed by atoms with Gasteiger partial charge in [0.1, 0.15) is 0 Å². The van der Waals surface area contributed by atoms with Gasteiger partial charge in [0.25, 0.3) is 0 Å². The van der Waals surface area contributed by atoms with Gasteiger partial charge in [0.15, 0.2) is 9.84 Å². The van der Waals surface area contributed by atoms with Crippen molar-refractivity contribution in [1.82, 2.24) is 10.2 Å². The van der Waals surface area contributed by atoms with Crippen LogP contribution in [0.2, 0.25) is 0 Å². The molecule has 4 nitrogen and oxygen atoms in total. The van der Waals surface area contributed by atoms with Crippen LogP contribution in [0, 0.1) is 5.92 Å². The molecule has 0 radical (unpaired) electrons. The average molecular weight is 387 g/mol. The third kappa shape index (κ3) is 3.85. The Morgan fingerprint density at radius 2 is 1.78 bits per heavy atom. The zero-order valence-corrected chi connectivity index (χ0v) is 16.9. The van der Waals surface area contributed by atoms with Crippen LogP contribution >= 0.6 is 0 Å². The second-order valence-electron chi connectivity index (χ2n) is 7.98. The molecule has 27 heavy (non-hydrogen) atoms. The topological polar surface area (TPSA) is 49.4 Å². The fourth-order valence-electron chi connectivity index (χ4n) is 4.40. The minimum absolute atomic E-state index is 0.141. The van der Waals surface area contributed by atoms with Gasteiger partial charge in [-0.05, 0) is 74.4 Å². The molecule has 1 atom stereocenters. The Bertz CT molecular complexity index is 816. The molecule has 3 aliphatic rings. The zero-order valence-electron chi connectivity index (χ0n) is 16.1. The lowest BCUT2D eigenvalue weighted by atomic mass is 9.82. The highest BCUT2D eigenvalue weighted by Crippen LogP contribution is 2.36. The molecule has 2 aliphatic heterocycles. The summed E-state index contributed by atoms with van der Waals surface area (Å²) in [6.45, 7) is 3.93. The fourth-order valence-corrected chi connectivity index (χ4v) is 5.29. The van der Waals surface area contributed by atoms with E-state index in [0.29, 0.717) is 17.0 Å². The van der Waals surface area contributed by atoms with Crippen molar-refractivity contribution < 1.29 is 8.42 Å². The number of hydrogen-bond donors (Lipinski definition) is 1. The second-order valence-corrected chi connectivity index (χ2v) is 10.3. The van der Waals surface area contributed by atoms with E-state index in [1.54, 1.807) is 19.1 Å². The number of rotatable bonds is 5. The molecule has 0 aromatic heterocycles. The summed E-state index contributed by atoms with van der Waals surface area (Å²) in [4.78, 5) is 3.02. The van der Waals surface area contributed by atoms with Gasteiger partial charge >= 0.3 is 0 Å². The first-order valence-corrected chi connectivity index (χ1v) is 11.9. The van der Waals surface area contributed by atoms with E-state index in [9.17, 15) is 8.42 Å². The number of benzene rings is 1. The summed E-state index contributed by atoms with van der Waals surface area (Å²) in [5.74, 6) is 0.862. The summed E-state index contributed by atoms with van der Waals surface area (Å²) in [5, 5.41) is 3.48. The first kappa shape index (κ1) is 18.8. The van der Waals surface area contributed by atoms with Gasteiger partial charge in [0.2, 0.25) is 0 Å². The molecular formula is C22H30N2O2S. The molecule has 4 rings (SSSR count). The third-order valence-corrected chi connectivity index (χ3v) is 8.15. The Morgan fingerprint density at radius 3 is 2.37 bits per heavy atom. The molecule has 1 aliphatic carbocycles. The largest absolute Gasteiger partial charge is 0.367 e. The van der Waals surface area contributed by atoms with E-state index in [4.69, 9.17) is 0 Å². The van der Waals surface area contributed by atoms with E-state index >= 15 is 0 Å². The molecule has 1 N–H and O–H groups in total. The van der Waals surface area contributed by atoms with Crippen molar-refractivity contribution in [2.45, 2.75) is 56.0 Å². The Morgan fingerprint density at radius 1 is 1.07 bits per heavy atom. The minimum Gasteiger partial charge on any atom is -0.367 e. The van der Waals surface area contributed by atoms with Crippen molar-refractivity contribution in [3.63, 3.8) is 0 Å². The van der Waals surface area contributed by atoms with Crippen LogP contribution in [0.15, 0.2) is 47.5 Å². The molecule has 1 saturated heterocycles. The van der Waals surface area contributed by atoms with Crippen LogP contribution in [0.3, 0.4) is 0 Å². The zero-order chi connectivity index (χ0) is 18.9. The molecule has 1 saturated carbocycles. The number of nitrogens with one attached hydrogen (secondary N) is 1. The molecule has 0 spiro atoms. The van der Waals surface area contributed by atoms with Crippen LogP contribution in [-0.4, -0.2) is 44.2 Å². The van der Waals surface area contributed by atoms with Gasteiger partial charge in [-0.2, -0.15) is 0 Å². The summed E-state index contributed by atoms with van der Waals surface area (Å²) in [7, 11) is -3.14. The van der Waals surface area contributed by atoms with Crippen LogP contribution in [0.5, 0.6) is 0 Å². The van der Waals surface area contributed by atoms with Gasteiger partial charge in [-0.25, -0.2) is 8.42 Å². The van der Waals surface area contributed by atoms with Crippen LogP contribution < -0.4 is 5.32 Å². The maximum absolute atomic E-state index is 12.1. The van der Waals surface area contributed by atoms with Crippen molar-refractivity contribution in [1.29, 1.82) is 0 Å². The Labute approximate surface area is 163 Å². The summed E-state index contributed by atoms with van der Waals surface area (Å²) < 4.78 is 24.1. The number of nitrogens with zero attached hydrogens (tertiary/aromatic N) is 1. The van der Waals surface area contributed by atoms with Gasteiger partial charge in [-0.3, -0.25) is 0 Å². The molecule has 1 aromatic rings. The van der Waals surface area contributed by atoms with Crippen molar-refractivity contribution in [3.05, 3.63) is 48.2 Å². The van der Waals surface area contributed by atoms with E-state index < -0.39 is 9.84 Å². The van der Waals surface area contributed by atoms with Crippen molar-refractivity contribution in [2.24, 2.45) is 5.92 Å². The highest BCUT2D eigenvalue weighted by molar-refractivity contribution is 7.91. The normalized spacial score (nSPS) is 24.6. The van der Waals surface area contributed by atoms with Gasteiger partial charge in [-0.15, -0.1) is 0 Å². The van der Waals surface area contributed by atoms with Crippen LogP contribution in [0.1, 0.15) is 44.6 Å². The second kappa shape index (κ2) is 7.80. The summed E-state index contributed by atoms with van der Waals surface area (Å²) in [5.41, 5.74) is 2.28. The van der Waals surface area contributed by atoms with Gasteiger partial charge in [0, 0.05) is 12.2 Å². The first-order chi connectivity index (χ1) is 13.1. The molecule has 5 heteroatoms. The lowest BCUT2D eigenvalue weighted by Crippen LogP contribution is -2.48. The fraction of sp³-hybridized carbons (Fsp3) is 0.545. The Balaban J connectivity index is 1.58. The number of sulfone groups is 1. The first-order valence-electron chi connectivity index (χ1n) is 10.3. The quantitative estimate of drug-likeness (QED) is 0.840. The predicted octanol–water partition coefficient (Wildman–Crippen LogP) is 3.61. The lowest BCUT2D eigenvalue weighted by molar-refractivity contribution is 0.110. The van der Waals surface area contributed by atoms with Gasteiger partial charge < -0.3 is 10.2 Å². The van der Waals surface area contributed by atoms with E-state index in [0.717, 1.165) is 24.6 Å². The number of hydrogen-bond acceptors (Lipinski definition) is 4. The van der Waals surface area contributed by atoms with E-state index in [1.807, 2.05) is 12.1 Å². The molecule has 2 heterocycles. The van der Waals surface area contributed by atoms with Crippen molar-refractivity contribution in [3.8, 4) is 0 Å². The molecule has 1 aromatic carbocycles. The Kier molecular flexibility index (Phi) is 5.42. The van der Waals surface area contributed by atoms with Crippen LogP contribution in [-0.2, 0) is 9.84 Å². The molecule has 146 valence electrons. The standard InChI is InChI=1S/C22H30N2O2S/c1-2-27(25,26)21-9-6-17(7-10-21)19-8-11-22(18-12-14-23-15-13-18)24(16-19)20-4-3-5-20/h6-11,16,18,20,22-23H,2-5,12-15H2,1H3. The molecular weight excluding hydrogens is 356 g/mol. The minimum atomic E-state index is -3.14. The predicted molar refractivity (Wildman–Crippen MR) is 110 cm³/mol. The summed E-state index contributed by atoms with van der Waals surface area (Å²) in [6.07, 6.45) is 13.3. The molecule has 1 unspecified atom stereocenters. The van der Waals surface area contributed by atoms with E-state index in [1.165, 1.54) is 37.7 Å². The maximum Gasteiger partial charge on any atom is 0.178 e. The van der Waals surface area contributed by atoms with Gasteiger partial charge in [0.05, 0.1) is 16.7 Å². The smallest absolute Gasteiger partial charge is 0.178 e. The molecule has 0 bridgehead atoms. The highest BCUT2D eigenvalue weighted by atomic mass is 32.2.